The molecule has 0 bridgehead atoms. The second kappa shape index (κ2) is 13.1. The van der Waals surface area contributed by atoms with E-state index in [1.165, 1.54) is 11.8 Å². The Hall–Kier alpha value is -2.72. The van der Waals surface area contributed by atoms with Crippen LogP contribution in [0, 0.1) is 0 Å². The van der Waals surface area contributed by atoms with Gasteiger partial charge in [0.2, 0.25) is 0 Å². The average molecular weight is 572 g/mol. The van der Waals surface area contributed by atoms with Gasteiger partial charge in [0.1, 0.15) is 16.6 Å². The molecule has 0 radical (unpaired) electrons. The molecule has 39 heavy (non-hydrogen) atoms. The van der Waals surface area contributed by atoms with E-state index in [0.717, 1.165) is 50.5 Å². The predicted octanol–water partition coefficient (Wildman–Crippen LogP) is 4.84. The third-order valence-electron chi connectivity index (χ3n) is 6.95. The normalized spacial score (nSPS) is 15.0. The Kier molecular flexibility index (Phi) is 9.82. The first-order valence-corrected chi connectivity index (χ1v) is 15.4. The minimum atomic E-state index is -3.50. The Morgan fingerprint density at radius 1 is 1.10 bits per heavy atom. The number of aromatic nitrogens is 2. The summed E-state index contributed by atoms with van der Waals surface area (Å²) in [4.78, 5) is 14.2. The van der Waals surface area contributed by atoms with Gasteiger partial charge in [0.15, 0.2) is 15.7 Å². The largest absolute Gasteiger partial charge is 0.494 e. The lowest BCUT2D eigenvalue weighted by atomic mass is 10.0. The smallest absolute Gasteiger partial charge is 0.182 e. The topological polar surface area (TPSA) is 87.7 Å². The number of para-hydroxylation sites is 1. The molecule has 0 amide bonds. The maximum atomic E-state index is 12.9. The van der Waals surface area contributed by atoms with E-state index >= 15 is 0 Å². The number of sulfone groups is 1. The highest BCUT2D eigenvalue weighted by Crippen LogP contribution is 2.30. The van der Waals surface area contributed by atoms with Gasteiger partial charge in [-0.3, -0.25) is 0 Å². The van der Waals surface area contributed by atoms with E-state index in [1.54, 1.807) is 38.1 Å². The molecule has 4 rings (SSSR count). The summed E-state index contributed by atoms with van der Waals surface area (Å²) in [5.41, 5.74) is 2.65. The van der Waals surface area contributed by atoms with Gasteiger partial charge in [-0.25, -0.2) is 18.4 Å². The number of halogens is 1. The first kappa shape index (κ1) is 29.3. The summed E-state index contributed by atoms with van der Waals surface area (Å²) >= 11 is 6.42. The van der Waals surface area contributed by atoms with E-state index in [9.17, 15) is 8.42 Å². The number of rotatable bonds is 11. The van der Waals surface area contributed by atoms with Crippen molar-refractivity contribution in [3.63, 3.8) is 0 Å². The standard InChI is InChI=1S/C29H38ClN5O3S/c1-5-38-26-18-22(12-13-35-16-14-34(4)15-17-35)10-11-23(26)19-28-31-20-24(30)29(33-28)32-25-8-6-7-9-27(25)39(36,37)21(2)3/h6-11,18,20-21H,5,12-17,19H2,1-4H3,(H,31,32,33). The number of likely N-dealkylation sites (N-methyl/N-ethyl adjacent to an activating group) is 1. The maximum Gasteiger partial charge on any atom is 0.182 e. The Morgan fingerprint density at radius 3 is 2.56 bits per heavy atom. The molecule has 1 saturated heterocycles. The molecule has 0 unspecified atom stereocenters. The van der Waals surface area contributed by atoms with E-state index in [-0.39, 0.29) is 4.90 Å². The monoisotopic (exact) mass is 571 g/mol. The summed E-state index contributed by atoms with van der Waals surface area (Å²) in [6, 6.07) is 13.1. The Balaban J connectivity index is 1.52. The van der Waals surface area contributed by atoms with Crippen molar-refractivity contribution in [2.45, 2.75) is 43.8 Å². The van der Waals surface area contributed by atoms with Gasteiger partial charge in [-0.05, 0) is 58.0 Å². The van der Waals surface area contributed by atoms with Crippen molar-refractivity contribution in [2.24, 2.45) is 0 Å². The molecule has 1 aromatic heterocycles. The highest BCUT2D eigenvalue weighted by Gasteiger charge is 2.23. The number of nitrogens with one attached hydrogen (secondary N) is 1. The fraction of sp³-hybridized carbons (Fsp3) is 0.448. The summed E-state index contributed by atoms with van der Waals surface area (Å²) in [6.45, 7) is 11.3. The molecule has 0 aliphatic carbocycles. The number of anilines is 2. The van der Waals surface area contributed by atoms with Gasteiger partial charge < -0.3 is 19.9 Å². The van der Waals surface area contributed by atoms with Gasteiger partial charge >= 0.3 is 0 Å². The fourth-order valence-corrected chi connectivity index (χ4v) is 5.84. The number of piperazine rings is 1. The summed E-state index contributed by atoms with van der Waals surface area (Å²) in [5.74, 6) is 1.74. The van der Waals surface area contributed by atoms with Crippen LogP contribution >= 0.6 is 11.6 Å². The number of hydrogen-bond acceptors (Lipinski definition) is 8. The van der Waals surface area contributed by atoms with Gasteiger partial charge in [-0.1, -0.05) is 35.9 Å². The van der Waals surface area contributed by atoms with E-state index < -0.39 is 15.1 Å². The van der Waals surface area contributed by atoms with Gasteiger partial charge in [-0.2, -0.15) is 0 Å². The SMILES string of the molecule is CCOc1cc(CCN2CCN(C)CC2)ccc1Cc1ncc(Cl)c(Nc2ccccc2S(=O)(=O)C(C)C)n1. The molecule has 1 fully saturated rings. The highest BCUT2D eigenvalue weighted by atomic mass is 35.5. The van der Waals surface area contributed by atoms with E-state index in [2.05, 4.69) is 50.3 Å². The zero-order valence-electron chi connectivity index (χ0n) is 23.2. The molecule has 0 spiro atoms. The molecule has 1 aliphatic heterocycles. The minimum Gasteiger partial charge on any atom is -0.494 e. The zero-order valence-corrected chi connectivity index (χ0v) is 24.7. The van der Waals surface area contributed by atoms with Crippen LogP contribution in [0.25, 0.3) is 0 Å². The van der Waals surface area contributed by atoms with E-state index in [0.29, 0.717) is 35.4 Å². The molecule has 8 nitrogen and oxygen atoms in total. The Bertz CT molecular complexity index is 1380. The van der Waals surface area contributed by atoms with Gasteiger partial charge in [-0.15, -0.1) is 0 Å². The average Bonchev–Trinajstić information content (AvgIpc) is 2.92. The lowest BCUT2D eigenvalue weighted by molar-refractivity contribution is 0.155. The van der Waals surface area contributed by atoms with Gasteiger partial charge in [0.05, 0.1) is 28.6 Å². The first-order chi connectivity index (χ1) is 18.7. The van der Waals surface area contributed by atoms with Crippen LogP contribution < -0.4 is 10.1 Å². The molecule has 2 aromatic carbocycles. The number of hydrogen-bond donors (Lipinski definition) is 1. The van der Waals surface area contributed by atoms with Crippen LogP contribution in [0.15, 0.2) is 53.6 Å². The van der Waals surface area contributed by atoms with Crippen LogP contribution in [0.4, 0.5) is 11.5 Å². The Labute approximate surface area is 237 Å². The lowest BCUT2D eigenvalue weighted by Gasteiger charge is -2.32. The van der Waals surface area contributed by atoms with Crippen LogP contribution in [-0.4, -0.2) is 79.8 Å². The van der Waals surface area contributed by atoms with Crippen molar-refractivity contribution in [3.8, 4) is 5.75 Å². The van der Waals surface area contributed by atoms with Crippen LogP contribution in [0.2, 0.25) is 5.02 Å². The Morgan fingerprint density at radius 2 is 1.85 bits per heavy atom. The molecular formula is C29H38ClN5O3S. The second-order valence-electron chi connectivity index (χ2n) is 10.1. The number of benzene rings is 2. The number of ether oxygens (including phenoxy) is 1. The predicted molar refractivity (Wildman–Crippen MR) is 157 cm³/mol. The fourth-order valence-electron chi connectivity index (χ4n) is 4.50. The molecule has 2 heterocycles. The summed E-state index contributed by atoms with van der Waals surface area (Å²) in [5, 5.41) is 2.87. The molecule has 10 heteroatoms. The number of nitrogens with zero attached hydrogens (tertiary/aromatic N) is 4. The van der Waals surface area contributed by atoms with Crippen molar-refractivity contribution >= 4 is 32.9 Å². The third kappa shape index (κ3) is 7.48. The molecule has 1 N–H and O–H groups in total. The third-order valence-corrected chi connectivity index (χ3v) is 9.44. The summed E-state index contributed by atoms with van der Waals surface area (Å²) < 4.78 is 31.8. The van der Waals surface area contributed by atoms with Crippen molar-refractivity contribution < 1.29 is 13.2 Å². The summed E-state index contributed by atoms with van der Waals surface area (Å²) in [7, 11) is -1.33. The highest BCUT2D eigenvalue weighted by molar-refractivity contribution is 7.92. The van der Waals surface area contributed by atoms with Crippen LogP contribution in [0.3, 0.4) is 0 Å². The van der Waals surface area contributed by atoms with Crippen molar-refractivity contribution in [1.82, 2.24) is 19.8 Å². The van der Waals surface area contributed by atoms with E-state index in [4.69, 9.17) is 16.3 Å². The molecular weight excluding hydrogens is 534 g/mol. The van der Waals surface area contributed by atoms with Crippen molar-refractivity contribution in [3.05, 3.63) is 70.6 Å². The quantitative estimate of drug-likeness (QED) is 0.350. The van der Waals surface area contributed by atoms with Crippen LogP contribution in [-0.2, 0) is 22.7 Å². The van der Waals surface area contributed by atoms with Crippen molar-refractivity contribution in [1.29, 1.82) is 0 Å². The van der Waals surface area contributed by atoms with Crippen LogP contribution in [0.1, 0.15) is 37.7 Å². The second-order valence-corrected chi connectivity index (χ2v) is 13.0. The molecule has 0 saturated carbocycles. The summed E-state index contributed by atoms with van der Waals surface area (Å²) in [6.07, 6.45) is 2.96. The molecule has 1 aliphatic rings. The lowest BCUT2D eigenvalue weighted by Crippen LogP contribution is -2.45. The molecule has 0 atom stereocenters. The van der Waals surface area contributed by atoms with Gasteiger partial charge in [0, 0.05) is 44.7 Å². The van der Waals surface area contributed by atoms with Gasteiger partial charge in [0.25, 0.3) is 0 Å². The maximum absolute atomic E-state index is 12.9. The molecule has 3 aromatic rings. The minimum absolute atomic E-state index is 0.210. The van der Waals surface area contributed by atoms with Crippen LogP contribution in [0.5, 0.6) is 5.75 Å². The molecule has 210 valence electrons. The van der Waals surface area contributed by atoms with E-state index in [1.807, 2.05) is 6.92 Å². The van der Waals surface area contributed by atoms with Crippen molar-refractivity contribution in [2.75, 3.05) is 51.7 Å². The zero-order chi connectivity index (χ0) is 28.0. The first-order valence-electron chi connectivity index (χ1n) is 13.4.